The van der Waals surface area contributed by atoms with Crippen molar-refractivity contribution in [1.29, 1.82) is 0 Å². The monoisotopic (exact) mass is 523 g/mol. The van der Waals surface area contributed by atoms with E-state index in [9.17, 15) is 18.0 Å². The van der Waals surface area contributed by atoms with Crippen molar-refractivity contribution < 1.29 is 22.7 Å². The van der Waals surface area contributed by atoms with Gasteiger partial charge in [0.1, 0.15) is 18.3 Å². The number of anilines is 1. The molecule has 2 aromatic carbocycles. The summed E-state index contributed by atoms with van der Waals surface area (Å²) in [4.78, 5) is 27.9. The molecule has 0 aliphatic rings. The van der Waals surface area contributed by atoms with Gasteiger partial charge in [-0.25, -0.2) is 8.42 Å². The fourth-order valence-corrected chi connectivity index (χ4v) is 4.63. The highest BCUT2D eigenvalue weighted by Gasteiger charge is 2.32. The van der Waals surface area contributed by atoms with Crippen molar-refractivity contribution >= 4 is 39.1 Å². The first-order valence-electron chi connectivity index (χ1n) is 11.6. The smallest absolute Gasteiger partial charge is 0.244 e. The van der Waals surface area contributed by atoms with Crippen molar-refractivity contribution in [3.05, 3.63) is 59.1 Å². The van der Waals surface area contributed by atoms with E-state index in [1.54, 1.807) is 48.5 Å². The van der Waals surface area contributed by atoms with Crippen LogP contribution in [0.2, 0.25) is 5.02 Å². The molecular weight excluding hydrogens is 490 g/mol. The zero-order chi connectivity index (χ0) is 26.0. The standard InChI is InChI=1S/C25H34ClN3O5S/c1-5-16-27-25(31)23(6-2)28(17-19-10-8-9-11-22(19)26)24(30)18-29(35(4,32)33)20-12-14-21(15-13-20)34-7-3/h8-15,23H,5-7,16-18H2,1-4H3,(H,27,31). The molecule has 2 amide bonds. The van der Waals surface area contributed by atoms with Crippen molar-refractivity contribution in [3.63, 3.8) is 0 Å². The second kappa shape index (κ2) is 13.3. The number of carbonyl (C=O) groups is 2. The summed E-state index contributed by atoms with van der Waals surface area (Å²) >= 11 is 6.34. The highest BCUT2D eigenvalue weighted by atomic mass is 35.5. The molecule has 1 unspecified atom stereocenters. The number of benzene rings is 2. The Morgan fingerprint density at radius 2 is 1.71 bits per heavy atom. The number of amides is 2. The van der Waals surface area contributed by atoms with Crippen molar-refractivity contribution in [3.8, 4) is 5.75 Å². The van der Waals surface area contributed by atoms with E-state index in [4.69, 9.17) is 16.3 Å². The lowest BCUT2D eigenvalue weighted by Gasteiger charge is -2.33. The van der Waals surface area contributed by atoms with Gasteiger partial charge in [-0.2, -0.15) is 0 Å². The third-order valence-electron chi connectivity index (χ3n) is 5.35. The molecule has 1 N–H and O–H groups in total. The fraction of sp³-hybridized carbons (Fsp3) is 0.440. The van der Waals surface area contributed by atoms with Gasteiger partial charge in [0, 0.05) is 18.1 Å². The second-order valence-electron chi connectivity index (χ2n) is 8.02. The Morgan fingerprint density at radius 3 is 2.26 bits per heavy atom. The molecule has 35 heavy (non-hydrogen) atoms. The lowest BCUT2D eigenvalue weighted by molar-refractivity contribution is -0.140. The van der Waals surface area contributed by atoms with E-state index < -0.39 is 28.5 Å². The Bertz CT molecular complexity index is 1090. The zero-order valence-electron chi connectivity index (χ0n) is 20.7. The summed E-state index contributed by atoms with van der Waals surface area (Å²) in [7, 11) is -3.80. The molecule has 0 spiro atoms. The van der Waals surface area contributed by atoms with Crippen LogP contribution in [0.1, 0.15) is 39.2 Å². The van der Waals surface area contributed by atoms with Crippen LogP contribution in [0.4, 0.5) is 5.69 Å². The Morgan fingerprint density at radius 1 is 1.06 bits per heavy atom. The summed E-state index contributed by atoms with van der Waals surface area (Å²) in [5.41, 5.74) is 0.988. The molecule has 10 heteroatoms. The van der Waals surface area contributed by atoms with Gasteiger partial charge in [-0.1, -0.05) is 43.6 Å². The highest BCUT2D eigenvalue weighted by Crippen LogP contribution is 2.24. The van der Waals surface area contributed by atoms with Crippen LogP contribution in [0.15, 0.2) is 48.5 Å². The summed E-state index contributed by atoms with van der Waals surface area (Å²) in [5, 5.41) is 3.30. The van der Waals surface area contributed by atoms with E-state index >= 15 is 0 Å². The van der Waals surface area contributed by atoms with Crippen molar-refractivity contribution in [2.75, 3.05) is 30.3 Å². The van der Waals surface area contributed by atoms with Crippen molar-refractivity contribution in [1.82, 2.24) is 10.2 Å². The largest absolute Gasteiger partial charge is 0.494 e. The number of hydrogen-bond acceptors (Lipinski definition) is 5. The van der Waals surface area contributed by atoms with E-state index in [1.807, 2.05) is 20.8 Å². The number of carbonyl (C=O) groups excluding carboxylic acids is 2. The van der Waals surface area contributed by atoms with Crippen LogP contribution < -0.4 is 14.4 Å². The topological polar surface area (TPSA) is 96.0 Å². The molecule has 0 bridgehead atoms. The molecule has 0 aliphatic carbocycles. The maximum absolute atomic E-state index is 13.6. The first kappa shape index (κ1) is 28.5. The zero-order valence-corrected chi connectivity index (χ0v) is 22.2. The van der Waals surface area contributed by atoms with Gasteiger partial charge in [-0.15, -0.1) is 0 Å². The van der Waals surface area contributed by atoms with Crippen LogP contribution in [0.5, 0.6) is 5.75 Å². The Balaban J connectivity index is 2.41. The van der Waals surface area contributed by atoms with E-state index in [-0.39, 0.29) is 12.5 Å². The Hall–Kier alpha value is -2.78. The summed E-state index contributed by atoms with van der Waals surface area (Å²) in [6.45, 7) is 6.16. The van der Waals surface area contributed by atoms with E-state index in [2.05, 4.69) is 5.32 Å². The SMILES string of the molecule is CCCNC(=O)C(CC)N(Cc1ccccc1Cl)C(=O)CN(c1ccc(OCC)cc1)S(C)(=O)=O. The van der Waals surface area contributed by atoms with Crippen LogP contribution in [-0.4, -0.2) is 57.1 Å². The quantitative estimate of drug-likeness (QED) is 0.430. The van der Waals surface area contributed by atoms with Gasteiger partial charge in [0.25, 0.3) is 0 Å². The minimum atomic E-state index is -3.80. The summed E-state index contributed by atoms with van der Waals surface area (Å²) in [5.74, 6) is -0.209. The van der Waals surface area contributed by atoms with E-state index in [0.29, 0.717) is 41.6 Å². The summed E-state index contributed by atoms with van der Waals surface area (Å²) < 4.78 is 31.8. The molecule has 0 saturated heterocycles. The number of rotatable bonds is 13. The van der Waals surface area contributed by atoms with Crippen LogP contribution >= 0.6 is 11.6 Å². The van der Waals surface area contributed by atoms with Crippen molar-refractivity contribution in [2.24, 2.45) is 0 Å². The van der Waals surface area contributed by atoms with Crippen LogP contribution in [-0.2, 0) is 26.2 Å². The molecule has 0 aromatic heterocycles. The molecule has 1 atom stereocenters. The number of ether oxygens (including phenoxy) is 1. The molecule has 0 saturated carbocycles. The second-order valence-corrected chi connectivity index (χ2v) is 10.3. The minimum absolute atomic E-state index is 0.0669. The first-order chi connectivity index (χ1) is 16.6. The average Bonchev–Trinajstić information content (AvgIpc) is 2.82. The van der Waals surface area contributed by atoms with Crippen LogP contribution in [0.25, 0.3) is 0 Å². The number of nitrogens with zero attached hydrogens (tertiary/aromatic N) is 2. The van der Waals surface area contributed by atoms with Gasteiger partial charge in [0.15, 0.2) is 0 Å². The van der Waals surface area contributed by atoms with Gasteiger partial charge >= 0.3 is 0 Å². The number of nitrogens with one attached hydrogen (secondary N) is 1. The predicted octanol–water partition coefficient (Wildman–Crippen LogP) is 3.84. The molecular formula is C25H34ClN3O5S. The van der Waals surface area contributed by atoms with Gasteiger partial charge in [0.2, 0.25) is 21.8 Å². The molecule has 2 rings (SSSR count). The van der Waals surface area contributed by atoms with Gasteiger partial charge in [-0.05, 0) is 55.7 Å². The molecule has 0 aliphatic heterocycles. The van der Waals surface area contributed by atoms with Crippen LogP contribution in [0, 0.1) is 0 Å². The highest BCUT2D eigenvalue weighted by molar-refractivity contribution is 7.92. The molecule has 0 radical (unpaired) electrons. The minimum Gasteiger partial charge on any atom is -0.494 e. The van der Waals surface area contributed by atoms with Gasteiger partial charge in [-0.3, -0.25) is 13.9 Å². The Labute approximate surface area is 213 Å². The molecule has 192 valence electrons. The maximum atomic E-state index is 13.6. The fourth-order valence-electron chi connectivity index (χ4n) is 3.58. The average molecular weight is 524 g/mol. The number of halogens is 1. The molecule has 2 aromatic rings. The summed E-state index contributed by atoms with van der Waals surface area (Å²) in [6.07, 6.45) is 2.15. The maximum Gasteiger partial charge on any atom is 0.244 e. The third kappa shape index (κ3) is 8.14. The van der Waals surface area contributed by atoms with Crippen molar-refractivity contribution in [2.45, 2.75) is 46.2 Å². The van der Waals surface area contributed by atoms with Gasteiger partial charge in [0.05, 0.1) is 18.6 Å². The normalized spacial score (nSPS) is 12.0. The molecule has 8 nitrogen and oxygen atoms in total. The Kier molecular flexibility index (Phi) is 10.9. The predicted molar refractivity (Wildman–Crippen MR) is 139 cm³/mol. The lowest BCUT2D eigenvalue weighted by atomic mass is 10.1. The molecule has 0 heterocycles. The van der Waals surface area contributed by atoms with E-state index in [0.717, 1.165) is 17.0 Å². The summed E-state index contributed by atoms with van der Waals surface area (Å²) in [6, 6.07) is 12.7. The van der Waals surface area contributed by atoms with Gasteiger partial charge < -0.3 is 15.0 Å². The molecule has 0 fully saturated rings. The number of sulfonamides is 1. The van der Waals surface area contributed by atoms with Crippen LogP contribution in [0.3, 0.4) is 0 Å². The first-order valence-corrected chi connectivity index (χ1v) is 13.9. The lowest BCUT2D eigenvalue weighted by Crippen LogP contribution is -2.52. The third-order valence-corrected chi connectivity index (χ3v) is 6.86. The van der Waals surface area contributed by atoms with E-state index in [1.165, 1.54) is 4.90 Å². The number of hydrogen-bond donors (Lipinski definition) is 1.